The molecule has 94 valence electrons. The van der Waals surface area contributed by atoms with Crippen LogP contribution in [0.25, 0.3) is 0 Å². The Morgan fingerprint density at radius 1 is 1.65 bits per heavy atom. The summed E-state index contributed by atoms with van der Waals surface area (Å²) in [6, 6.07) is 0. The number of thioether (sulfide) groups is 1. The first-order valence-corrected chi connectivity index (χ1v) is 7.14. The zero-order valence-corrected chi connectivity index (χ0v) is 10.9. The molecule has 2 heterocycles. The van der Waals surface area contributed by atoms with Crippen molar-refractivity contribution in [2.24, 2.45) is 5.73 Å². The molecule has 1 unspecified atom stereocenters. The second-order valence-corrected chi connectivity index (χ2v) is 5.84. The van der Waals surface area contributed by atoms with Crippen molar-refractivity contribution in [3.63, 3.8) is 0 Å². The van der Waals surface area contributed by atoms with E-state index in [1.165, 1.54) is 23.1 Å². The summed E-state index contributed by atoms with van der Waals surface area (Å²) < 4.78 is 6.24. The van der Waals surface area contributed by atoms with Crippen molar-refractivity contribution in [2.45, 2.75) is 23.3 Å². The van der Waals surface area contributed by atoms with Gasteiger partial charge in [-0.25, -0.2) is 0 Å². The molecule has 1 amide bonds. The lowest BCUT2D eigenvalue weighted by molar-refractivity contribution is -0.115. The number of primary amides is 1. The van der Waals surface area contributed by atoms with E-state index in [9.17, 15) is 4.79 Å². The van der Waals surface area contributed by atoms with Gasteiger partial charge in [-0.3, -0.25) is 4.79 Å². The van der Waals surface area contributed by atoms with Crippen molar-refractivity contribution in [1.82, 2.24) is 10.2 Å². The molecular formula is C9H14N4O2S2. The zero-order valence-electron chi connectivity index (χ0n) is 9.22. The average Bonchev–Trinajstić information content (AvgIpc) is 2.95. The number of nitrogens with zero attached hydrogens (tertiary/aromatic N) is 2. The fourth-order valence-electron chi connectivity index (χ4n) is 1.48. The third-order valence-corrected chi connectivity index (χ3v) is 4.29. The van der Waals surface area contributed by atoms with Gasteiger partial charge >= 0.3 is 0 Å². The number of amides is 1. The number of rotatable bonds is 6. The highest BCUT2D eigenvalue weighted by molar-refractivity contribution is 8.01. The summed E-state index contributed by atoms with van der Waals surface area (Å²) in [6.07, 6.45) is 2.50. The largest absolute Gasteiger partial charge is 0.376 e. The van der Waals surface area contributed by atoms with Crippen molar-refractivity contribution in [3.05, 3.63) is 0 Å². The molecule has 0 saturated carbocycles. The Balaban J connectivity index is 1.75. The molecule has 0 aromatic carbocycles. The lowest BCUT2D eigenvalue weighted by atomic mass is 10.2. The molecule has 3 N–H and O–H groups in total. The van der Waals surface area contributed by atoms with Gasteiger partial charge in [0.05, 0.1) is 11.9 Å². The smallest absolute Gasteiger partial charge is 0.227 e. The van der Waals surface area contributed by atoms with E-state index >= 15 is 0 Å². The van der Waals surface area contributed by atoms with E-state index in [1.807, 2.05) is 0 Å². The number of nitrogens with one attached hydrogen (secondary N) is 1. The maximum absolute atomic E-state index is 10.6. The first-order chi connectivity index (χ1) is 8.24. The number of nitrogens with two attached hydrogens (primary N) is 1. The highest BCUT2D eigenvalue weighted by Crippen LogP contribution is 2.25. The summed E-state index contributed by atoms with van der Waals surface area (Å²) in [7, 11) is 0. The number of hydrogen-bond acceptors (Lipinski definition) is 7. The molecular weight excluding hydrogens is 260 g/mol. The molecule has 1 aliphatic rings. The standard InChI is InChI=1S/C9H14N4O2S2/c10-7(14)5-16-9-13-12-8(17-9)11-4-6-2-1-3-15-6/h6H,1-5H2,(H2,10,14)(H,11,12). The van der Waals surface area contributed by atoms with Gasteiger partial charge in [-0.15, -0.1) is 10.2 Å². The first-order valence-electron chi connectivity index (χ1n) is 5.34. The number of hydrogen-bond donors (Lipinski definition) is 2. The van der Waals surface area contributed by atoms with Crippen molar-refractivity contribution >= 4 is 34.1 Å². The second kappa shape index (κ2) is 6.18. The van der Waals surface area contributed by atoms with E-state index in [1.54, 1.807) is 0 Å². The summed E-state index contributed by atoms with van der Waals surface area (Å²) in [5.41, 5.74) is 5.05. The lowest BCUT2D eigenvalue weighted by Crippen LogP contribution is -2.18. The number of aromatic nitrogens is 2. The number of ether oxygens (including phenoxy) is 1. The number of carbonyl (C=O) groups is 1. The Morgan fingerprint density at radius 3 is 3.24 bits per heavy atom. The Hall–Kier alpha value is -0.860. The normalized spacial score (nSPS) is 19.4. The van der Waals surface area contributed by atoms with Crippen LogP contribution in [0.1, 0.15) is 12.8 Å². The van der Waals surface area contributed by atoms with Crippen molar-refractivity contribution in [2.75, 3.05) is 24.2 Å². The van der Waals surface area contributed by atoms with Crippen molar-refractivity contribution in [1.29, 1.82) is 0 Å². The third kappa shape index (κ3) is 4.14. The van der Waals surface area contributed by atoms with E-state index in [4.69, 9.17) is 10.5 Å². The van der Waals surface area contributed by atoms with Gasteiger partial charge < -0.3 is 15.8 Å². The Bertz CT molecular complexity index is 379. The second-order valence-electron chi connectivity index (χ2n) is 3.64. The van der Waals surface area contributed by atoms with Crippen LogP contribution < -0.4 is 11.1 Å². The molecule has 1 aromatic rings. The highest BCUT2D eigenvalue weighted by Gasteiger charge is 2.15. The zero-order chi connectivity index (χ0) is 12.1. The molecule has 17 heavy (non-hydrogen) atoms. The van der Waals surface area contributed by atoms with Gasteiger partial charge in [-0.2, -0.15) is 0 Å². The monoisotopic (exact) mass is 274 g/mol. The summed E-state index contributed by atoms with van der Waals surface area (Å²) in [5.74, 6) is -0.112. The summed E-state index contributed by atoms with van der Waals surface area (Å²) in [6.45, 7) is 1.61. The predicted octanol–water partition coefficient (Wildman–Crippen LogP) is 0.706. The molecule has 1 atom stereocenters. The maximum atomic E-state index is 10.6. The minimum absolute atomic E-state index is 0.236. The fraction of sp³-hybridized carbons (Fsp3) is 0.667. The minimum Gasteiger partial charge on any atom is -0.376 e. The van der Waals surface area contributed by atoms with Gasteiger partial charge in [0.1, 0.15) is 0 Å². The molecule has 1 fully saturated rings. The van der Waals surface area contributed by atoms with Crippen molar-refractivity contribution in [3.8, 4) is 0 Å². The Morgan fingerprint density at radius 2 is 2.53 bits per heavy atom. The van der Waals surface area contributed by atoms with Crippen LogP contribution in [-0.4, -0.2) is 41.1 Å². The van der Waals surface area contributed by atoms with Gasteiger partial charge in [0.2, 0.25) is 11.0 Å². The van der Waals surface area contributed by atoms with Crippen LogP contribution in [0, 0.1) is 0 Å². The molecule has 0 bridgehead atoms. The van der Waals surface area contributed by atoms with Crippen LogP contribution in [0.5, 0.6) is 0 Å². The Labute approximate surface area is 107 Å². The predicted molar refractivity (Wildman–Crippen MR) is 67.3 cm³/mol. The fourth-order valence-corrected chi connectivity index (χ4v) is 2.98. The van der Waals surface area contributed by atoms with Crippen molar-refractivity contribution < 1.29 is 9.53 Å². The molecule has 6 nitrogen and oxygen atoms in total. The molecule has 0 spiro atoms. The maximum Gasteiger partial charge on any atom is 0.227 e. The number of anilines is 1. The van der Waals surface area contributed by atoms with Gasteiger partial charge in [0, 0.05) is 13.2 Å². The first kappa shape index (κ1) is 12.6. The van der Waals surface area contributed by atoms with E-state index in [-0.39, 0.29) is 17.8 Å². The van der Waals surface area contributed by atoms with E-state index in [2.05, 4.69) is 15.5 Å². The van der Waals surface area contributed by atoms with E-state index in [0.717, 1.165) is 35.5 Å². The van der Waals surface area contributed by atoms with Crippen LogP contribution >= 0.6 is 23.1 Å². The van der Waals surface area contributed by atoms with Crippen LogP contribution in [0.2, 0.25) is 0 Å². The van der Waals surface area contributed by atoms with Gasteiger partial charge in [-0.05, 0) is 12.8 Å². The molecule has 8 heteroatoms. The van der Waals surface area contributed by atoms with E-state index < -0.39 is 0 Å². The van der Waals surface area contributed by atoms with E-state index in [0.29, 0.717) is 0 Å². The molecule has 0 aliphatic carbocycles. The molecule has 0 radical (unpaired) electrons. The Kier molecular flexibility index (Phi) is 4.57. The summed E-state index contributed by atoms with van der Waals surface area (Å²) in [4.78, 5) is 10.6. The van der Waals surface area contributed by atoms with Gasteiger partial charge in [0.15, 0.2) is 4.34 Å². The van der Waals surface area contributed by atoms with Crippen LogP contribution in [0.15, 0.2) is 4.34 Å². The molecule has 1 aliphatic heterocycles. The molecule has 2 rings (SSSR count). The quantitative estimate of drug-likeness (QED) is 0.742. The minimum atomic E-state index is -0.348. The van der Waals surface area contributed by atoms with Gasteiger partial charge in [0.25, 0.3) is 0 Å². The SMILES string of the molecule is NC(=O)CSc1nnc(NCC2CCCO2)s1. The topological polar surface area (TPSA) is 90.1 Å². The third-order valence-electron chi connectivity index (χ3n) is 2.25. The summed E-state index contributed by atoms with van der Waals surface area (Å²) >= 11 is 2.73. The molecule has 1 saturated heterocycles. The number of carbonyl (C=O) groups excluding carboxylic acids is 1. The highest BCUT2D eigenvalue weighted by atomic mass is 32.2. The van der Waals surface area contributed by atoms with Gasteiger partial charge in [-0.1, -0.05) is 23.1 Å². The van der Waals surface area contributed by atoms with Crippen LogP contribution in [0.4, 0.5) is 5.13 Å². The average molecular weight is 274 g/mol. The summed E-state index contributed by atoms with van der Waals surface area (Å²) in [5, 5.41) is 11.9. The molecule has 1 aromatic heterocycles. The van der Waals surface area contributed by atoms with Crippen LogP contribution in [0.3, 0.4) is 0 Å². The lowest BCUT2D eigenvalue weighted by Gasteiger charge is -2.08. The van der Waals surface area contributed by atoms with Crippen LogP contribution in [-0.2, 0) is 9.53 Å².